The maximum atomic E-state index is 11.5. The average molecular weight is 221 g/mol. The molecule has 0 saturated carbocycles. The van der Waals surface area contributed by atoms with E-state index in [4.69, 9.17) is 21.1 Å². The molecule has 80 valence electrons. The number of rotatable bonds is 4. The van der Waals surface area contributed by atoms with Crippen LogP contribution in [0.4, 0.5) is 0 Å². The summed E-state index contributed by atoms with van der Waals surface area (Å²) in [6.07, 6.45) is 1.28. The lowest BCUT2D eigenvalue weighted by atomic mass is 10.0. The summed E-state index contributed by atoms with van der Waals surface area (Å²) >= 11 is 5.63. The van der Waals surface area contributed by atoms with Gasteiger partial charge in [0.05, 0.1) is 12.5 Å². The van der Waals surface area contributed by atoms with E-state index in [2.05, 4.69) is 0 Å². The Balaban J connectivity index is 2.60. The second kappa shape index (κ2) is 4.64. The molecule has 0 amide bonds. The quantitative estimate of drug-likeness (QED) is 0.529. The number of carbonyl (C=O) groups excluding carboxylic acids is 2. The highest BCUT2D eigenvalue weighted by Crippen LogP contribution is 2.29. The van der Waals surface area contributed by atoms with E-state index in [0.29, 0.717) is 13.0 Å². The molecule has 0 aliphatic carbocycles. The zero-order chi connectivity index (χ0) is 10.6. The van der Waals surface area contributed by atoms with Gasteiger partial charge in [0.2, 0.25) is 5.60 Å². The van der Waals surface area contributed by atoms with E-state index in [9.17, 15) is 9.59 Å². The summed E-state index contributed by atoms with van der Waals surface area (Å²) in [5.74, 6) is -0.958. The fraction of sp³-hybridized carbons (Fsp3) is 0.778. The van der Waals surface area contributed by atoms with E-state index in [1.807, 2.05) is 6.92 Å². The van der Waals surface area contributed by atoms with Crippen molar-refractivity contribution in [1.29, 1.82) is 0 Å². The van der Waals surface area contributed by atoms with Crippen LogP contribution in [-0.4, -0.2) is 30.0 Å². The number of esters is 2. The molecule has 1 unspecified atom stereocenters. The predicted molar refractivity (Wildman–Crippen MR) is 50.0 cm³/mol. The number of hydrogen-bond acceptors (Lipinski definition) is 4. The number of ether oxygens (including phenoxy) is 2. The Labute approximate surface area is 87.5 Å². The molecule has 4 nitrogen and oxygen atoms in total. The van der Waals surface area contributed by atoms with Crippen molar-refractivity contribution in [2.24, 2.45) is 0 Å². The molecule has 0 radical (unpaired) electrons. The third-order valence-electron chi connectivity index (χ3n) is 2.07. The van der Waals surface area contributed by atoms with Crippen molar-refractivity contribution in [1.82, 2.24) is 0 Å². The van der Waals surface area contributed by atoms with Gasteiger partial charge in [-0.1, -0.05) is 6.92 Å². The molecule has 1 fully saturated rings. The molecular formula is C9H13ClO4. The SMILES string of the molecule is CCCOC(=O)C1(CCl)CCC(=O)O1. The zero-order valence-electron chi connectivity index (χ0n) is 8.05. The van der Waals surface area contributed by atoms with Gasteiger partial charge in [0.25, 0.3) is 0 Å². The summed E-state index contributed by atoms with van der Waals surface area (Å²) in [5, 5.41) is 0. The van der Waals surface area contributed by atoms with Crippen LogP contribution in [0.2, 0.25) is 0 Å². The fourth-order valence-corrected chi connectivity index (χ4v) is 1.54. The standard InChI is InChI=1S/C9H13ClO4/c1-2-5-13-8(12)9(6-10)4-3-7(11)14-9/h2-6H2,1H3. The Kier molecular flexibility index (Phi) is 3.75. The summed E-state index contributed by atoms with van der Waals surface area (Å²) in [6.45, 7) is 2.22. The lowest BCUT2D eigenvalue weighted by molar-refractivity contribution is -0.171. The normalized spacial score (nSPS) is 26.0. The van der Waals surface area contributed by atoms with Crippen LogP contribution < -0.4 is 0 Å². The van der Waals surface area contributed by atoms with Gasteiger partial charge in [-0.15, -0.1) is 11.6 Å². The van der Waals surface area contributed by atoms with Crippen molar-refractivity contribution in [3.8, 4) is 0 Å². The van der Waals surface area contributed by atoms with Gasteiger partial charge >= 0.3 is 11.9 Å². The fourth-order valence-electron chi connectivity index (χ4n) is 1.24. The summed E-state index contributed by atoms with van der Waals surface area (Å²) in [6, 6.07) is 0. The van der Waals surface area contributed by atoms with E-state index >= 15 is 0 Å². The molecule has 1 atom stereocenters. The minimum Gasteiger partial charge on any atom is -0.463 e. The van der Waals surface area contributed by atoms with Crippen molar-refractivity contribution in [2.45, 2.75) is 31.8 Å². The van der Waals surface area contributed by atoms with Crippen molar-refractivity contribution < 1.29 is 19.1 Å². The molecule has 0 aromatic rings. The van der Waals surface area contributed by atoms with Crippen LogP contribution in [0.25, 0.3) is 0 Å². The van der Waals surface area contributed by atoms with Crippen molar-refractivity contribution in [2.75, 3.05) is 12.5 Å². The molecule has 1 aliphatic rings. The molecule has 0 bridgehead atoms. The molecule has 0 N–H and O–H groups in total. The first-order valence-electron chi connectivity index (χ1n) is 4.59. The van der Waals surface area contributed by atoms with Gasteiger partial charge in [-0.25, -0.2) is 4.79 Å². The minimum absolute atomic E-state index is 0.0404. The van der Waals surface area contributed by atoms with Gasteiger partial charge in [-0.2, -0.15) is 0 Å². The number of hydrogen-bond donors (Lipinski definition) is 0. The van der Waals surface area contributed by atoms with Crippen LogP contribution in [-0.2, 0) is 19.1 Å². The lowest BCUT2D eigenvalue weighted by Gasteiger charge is -2.22. The molecule has 0 aromatic carbocycles. The second-order valence-corrected chi connectivity index (χ2v) is 3.51. The summed E-state index contributed by atoms with van der Waals surface area (Å²) in [5.41, 5.74) is -1.23. The van der Waals surface area contributed by atoms with Gasteiger partial charge in [-0.05, 0) is 6.42 Å². The summed E-state index contributed by atoms with van der Waals surface area (Å²) in [7, 11) is 0. The predicted octanol–water partition coefficient (Wildman–Crippen LogP) is 1.25. The highest BCUT2D eigenvalue weighted by molar-refractivity contribution is 6.20. The second-order valence-electron chi connectivity index (χ2n) is 3.24. The Morgan fingerprint density at radius 1 is 1.71 bits per heavy atom. The molecular weight excluding hydrogens is 208 g/mol. The maximum absolute atomic E-state index is 11.5. The minimum atomic E-state index is -1.23. The monoisotopic (exact) mass is 220 g/mol. The van der Waals surface area contributed by atoms with E-state index in [0.717, 1.165) is 6.42 Å². The molecule has 5 heteroatoms. The first-order valence-corrected chi connectivity index (χ1v) is 5.13. The van der Waals surface area contributed by atoms with Gasteiger partial charge in [0.1, 0.15) is 0 Å². The first kappa shape index (κ1) is 11.3. The lowest BCUT2D eigenvalue weighted by Crippen LogP contribution is -2.42. The number of cyclic esters (lactones) is 1. The Bertz CT molecular complexity index is 241. The van der Waals surface area contributed by atoms with Crippen LogP contribution in [0, 0.1) is 0 Å². The van der Waals surface area contributed by atoms with Gasteiger partial charge in [0.15, 0.2) is 0 Å². The molecule has 1 heterocycles. The highest BCUT2D eigenvalue weighted by atomic mass is 35.5. The Hall–Kier alpha value is -0.770. The molecule has 1 rings (SSSR count). The molecule has 14 heavy (non-hydrogen) atoms. The summed E-state index contributed by atoms with van der Waals surface area (Å²) < 4.78 is 9.83. The topological polar surface area (TPSA) is 52.6 Å². The first-order chi connectivity index (χ1) is 6.64. The van der Waals surface area contributed by atoms with E-state index in [1.54, 1.807) is 0 Å². The smallest absolute Gasteiger partial charge is 0.351 e. The van der Waals surface area contributed by atoms with Crippen molar-refractivity contribution in [3.63, 3.8) is 0 Å². The number of carbonyl (C=O) groups is 2. The van der Waals surface area contributed by atoms with Crippen LogP contribution in [0.15, 0.2) is 0 Å². The van der Waals surface area contributed by atoms with Crippen molar-refractivity contribution in [3.05, 3.63) is 0 Å². The van der Waals surface area contributed by atoms with Crippen LogP contribution >= 0.6 is 11.6 Å². The Morgan fingerprint density at radius 3 is 2.86 bits per heavy atom. The molecule has 1 saturated heterocycles. The molecule has 1 aliphatic heterocycles. The largest absolute Gasteiger partial charge is 0.463 e. The highest BCUT2D eigenvalue weighted by Gasteiger charge is 2.48. The van der Waals surface area contributed by atoms with Crippen LogP contribution in [0.1, 0.15) is 26.2 Å². The van der Waals surface area contributed by atoms with Gasteiger partial charge in [0, 0.05) is 12.8 Å². The molecule has 0 spiro atoms. The van der Waals surface area contributed by atoms with E-state index in [1.165, 1.54) is 0 Å². The van der Waals surface area contributed by atoms with Crippen LogP contribution in [0.5, 0.6) is 0 Å². The third-order valence-corrected chi connectivity index (χ3v) is 2.50. The van der Waals surface area contributed by atoms with E-state index in [-0.39, 0.29) is 18.3 Å². The van der Waals surface area contributed by atoms with Crippen LogP contribution in [0.3, 0.4) is 0 Å². The average Bonchev–Trinajstić information content (AvgIpc) is 2.58. The van der Waals surface area contributed by atoms with E-state index < -0.39 is 11.6 Å². The molecule has 0 aromatic heterocycles. The zero-order valence-corrected chi connectivity index (χ0v) is 8.80. The van der Waals surface area contributed by atoms with Crippen molar-refractivity contribution >= 4 is 23.5 Å². The number of alkyl halides is 1. The van der Waals surface area contributed by atoms with Gasteiger partial charge in [-0.3, -0.25) is 4.79 Å². The van der Waals surface area contributed by atoms with Gasteiger partial charge < -0.3 is 9.47 Å². The third kappa shape index (κ3) is 2.18. The Morgan fingerprint density at radius 2 is 2.43 bits per heavy atom. The number of halogens is 1. The maximum Gasteiger partial charge on any atom is 0.351 e. The summed E-state index contributed by atoms with van der Waals surface area (Å²) in [4.78, 5) is 22.4.